The standard InChI is InChI=1S/C17H28N4/c1-3-18-17-7-6-14(11-19-17)12-21-10-8-16-15(13-21)5-4-9-20(16)2/h6-7,11,15-16H,3-5,8-10,12-13H2,1-2H3,(H,18,19). The van der Waals surface area contributed by atoms with Crippen LogP contribution in [0.2, 0.25) is 0 Å². The van der Waals surface area contributed by atoms with Crippen LogP contribution >= 0.6 is 0 Å². The zero-order valence-electron chi connectivity index (χ0n) is 13.4. The van der Waals surface area contributed by atoms with Crippen molar-refractivity contribution in [1.82, 2.24) is 14.8 Å². The zero-order chi connectivity index (χ0) is 14.7. The van der Waals surface area contributed by atoms with Crippen molar-refractivity contribution in [2.75, 3.05) is 38.5 Å². The maximum Gasteiger partial charge on any atom is 0.125 e. The van der Waals surface area contributed by atoms with Crippen molar-refractivity contribution in [2.45, 2.75) is 38.8 Å². The number of hydrogen-bond acceptors (Lipinski definition) is 4. The van der Waals surface area contributed by atoms with Crippen LogP contribution in [-0.2, 0) is 6.54 Å². The largest absolute Gasteiger partial charge is 0.370 e. The lowest BCUT2D eigenvalue weighted by Crippen LogP contribution is -2.52. The predicted molar refractivity (Wildman–Crippen MR) is 87.4 cm³/mol. The molecule has 4 heteroatoms. The second-order valence-electron chi connectivity index (χ2n) is 6.56. The fraction of sp³-hybridized carbons (Fsp3) is 0.706. The van der Waals surface area contributed by atoms with Gasteiger partial charge >= 0.3 is 0 Å². The van der Waals surface area contributed by atoms with Crippen LogP contribution < -0.4 is 5.32 Å². The number of nitrogens with zero attached hydrogens (tertiary/aromatic N) is 3. The van der Waals surface area contributed by atoms with Crippen molar-refractivity contribution in [3.63, 3.8) is 0 Å². The van der Waals surface area contributed by atoms with Crippen molar-refractivity contribution in [1.29, 1.82) is 0 Å². The van der Waals surface area contributed by atoms with Crippen LogP contribution in [0.4, 0.5) is 5.82 Å². The van der Waals surface area contributed by atoms with Gasteiger partial charge in [-0.25, -0.2) is 4.98 Å². The van der Waals surface area contributed by atoms with Gasteiger partial charge in [0.05, 0.1) is 0 Å². The van der Waals surface area contributed by atoms with Gasteiger partial charge in [-0.3, -0.25) is 4.90 Å². The van der Waals surface area contributed by atoms with Crippen LogP contribution in [0.5, 0.6) is 0 Å². The molecule has 2 aliphatic heterocycles. The minimum atomic E-state index is 0.823. The average molecular weight is 288 g/mol. The highest BCUT2D eigenvalue weighted by Crippen LogP contribution is 2.30. The molecule has 0 radical (unpaired) electrons. The van der Waals surface area contributed by atoms with Crippen molar-refractivity contribution >= 4 is 5.82 Å². The molecule has 2 unspecified atom stereocenters. The highest BCUT2D eigenvalue weighted by molar-refractivity contribution is 5.35. The second-order valence-corrected chi connectivity index (χ2v) is 6.56. The number of nitrogens with one attached hydrogen (secondary N) is 1. The Morgan fingerprint density at radius 3 is 2.95 bits per heavy atom. The normalized spacial score (nSPS) is 27.3. The van der Waals surface area contributed by atoms with Gasteiger partial charge < -0.3 is 10.2 Å². The van der Waals surface area contributed by atoms with E-state index < -0.39 is 0 Å². The van der Waals surface area contributed by atoms with E-state index in [1.54, 1.807) is 0 Å². The Morgan fingerprint density at radius 1 is 1.29 bits per heavy atom. The number of anilines is 1. The number of fused-ring (bicyclic) bond motifs is 1. The molecule has 0 spiro atoms. The van der Waals surface area contributed by atoms with Crippen molar-refractivity contribution in [2.24, 2.45) is 5.92 Å². The Kier molecular flexibility index (Phi) is 4.76. The predicted octanol–water partition coefficient (Wildman–Crippen LogP) is 2.43. The number of piperidine rings is 2. The van der Waals surface area contributed by atoms with E-state index in [9.17, 15) is 0 Å². The van der Waals surface area contributed by atoms with Crippen molar-refractivity contribution in [3.8, 4) is 0 Å². The first-order valence-corrected chi connectivity index (χ1v) is 8.37. The monoisotopic (exact) mass is 288 g/mol. The zero-order valence-corrected chi connectivity index (χ0v) is 13.4. The van der Waals surface area contributed by atoms with Gasteiger partial charge in [0.1, 0.15) is 5.82 Å². The van der Waals surface area contributed by atoms with Crippen LogP contribution in [0.25, 0.3) is 0 Å². The van der Waals surface area contributed by atoms with E-state index in [2.05, 4.69) is 46.2 Å². The van der Waals surface area contributed by atoms with Crippen LogP contribution in [0.15, 0.2) is 18.3 Å². The van der Waals surface area contributed by atoms with Gasteiger partial charge in [-0.1, -0.05) is 6.07 Å². The first-order valence-electron chi connectivity index (χ1n) is 8.37. The molecule has 1 aromatic rings. The number of hydrogen-bond donors (Lipinski definition) is 1. The Morgan fingerprint density at radius 2 is 2.19 bits per heavy atom. The molecule has 0 saturated carbocycles. The van der Waals surface area contributed by atoms with E-state index in [1.807, 2.05) is 6.20 Å². The molecular formula is C17H28N4. The molecule has 1 N–H and O–H groups in total. The minimum Gasteiger partial charge on any atom is -0.370 e. The molecule has 21 heavy (non-hydrogen) atoms. The number of likely N-dealkylation sites (tertiary alicyclic amines) is 2. The highest BCUT2D eigenvalue weighted by Gasteiger charge is 2.33. The Labute approximate surface area is 128 Å². The summed E-state index contributed by atoms with van der Waals surface area (Å²) in [5.74, 6) is 1.85. The number of pyridine rings is 1. The summed E-state index contributed by atoms with van der Waals surface area (Å²) in [6, 6.07) is 5.13. The topological polar surface area (TPSA) is 31.4 Å². The summed E-state index contributed by atoms with van der Waals surface area (Å²) in [7, 11) is 2.30. The van der Waals surface area contributed by atoms with E-state index >= 15 is 0 Å². The molecule has 4 nitrogen and oxygen atoms in total. The molecule has 0 aliphatic carbocycles. The first-order chi connectivity index (χ1) is 10.3. The summed E-state index contributed by atoms with van der Waals surface area (Å²) in [6.07, 6.45) is 6.12. The van der Waals surface area contributed by atoms with Crippen LogP contribution in [0.1, 0.15) is 31.7 Å². The van der Waals surface area contributed by atoms with Gasteiger partial charge in [-0.15, -0.1) is 0 Å². The molecule has 2 aliphatic rings. The third-order valence-electron chi connectivity index (χ3n) is 5.02. The summed E-state index contributed by atoms with van der Waals surface area (Å²) in [4.78, 5) is 9.68. The molecular weight excluding hydrogens is 260 g/mol. The first kappa shape index (κ1) is 14.8. The van der Waals surface area contributed by atoms with E-state index in [1.165, 1.54) is 44.5 Å². The van der Waals surface area contributed by atoms with Crippen molar-refractivity contribution in [3.05, 3.63) is 23.9 Å². The van der Waals surface area contributed by atoms with Gasteiger partial charge in [0.25, 0.3) is 0 Å². The number of rotatable bonds is 4. The quantitative estimate of drug-likeness (QED) is 0.922. The van der Waals surface area contributed by atoms with Crippen molar-refractivity contribution < 1.29 is 0 Å². The van der Waals surface area contributed by atoms with Crippen LogP contribution in [0.3, 0.4) is 0 Å². The lowest BCUT2D eigenvalue weighted by molar-refractivity contribution is 0.0354. The van der Waals surface area contributed by atoms with Crippen LogP contribution in [-0.4, -0.2) is 54.1 Å². The Hall–Kier alpha value is -1.13. The molecule has 3 rings (SSSR count). The maximum absolute atomic E-state index is 4.48. The maximum atomic E-state index is 4.48. The van der Waals surface area contributed by atoms with Crippen LogP contribution in [0, 0.1) is 5.92 Å². The molecule has 3 heterocycles. The van der Waals surface area contributed by atoms with E-state index in [0.717, 1.165) is 30.9 Å². The van der Waals surface area contributed by atoms with E-state index in [4.69, 9.17) is 0 Å². The highest BCUT2D eigenvalue weighted by atomic mass is 15.2. The fourth-order valence-electron chi connectivity index (χ4n) is 3.93. The minimum absolute atomic E-state index is 0.823. The summed E-state index contributed by atoms with van der Waals surface area (Å²) in [5.41, 5.74) is 1.33. The van der Waals surface area contributed by atoms with Gasteiger partial charge in [-0.2, -0.15) is 0 Å². The lowest BCUT2D eigenvalue weighted by atomic mass is 9.84. The fourth-order valence-corrected chi connectivity index (χ4v) is 3.93. The lowest BCUT2D eigenvalue weighted by Gasteiger charge is -2.46. The average Bonchev–Trinajstić information content (AvgIpc) is 2.50. The SMILES string of the molecule is CCNc1ccc(CN2CCC3C(CCCN3C)C2)cn1. The Bertz CT molecular complexity index is 445. The molecule has 0 aromatic carbocycles. The smallest absolute Gasteiger partial charge is 0.125 e. The second kappa shape index (κ2) is 6.75. The summed E-state index contributed by atoms with van der Waals surface area (Å²) in [5, 5.41) is 3.25. The van der Waals surface area contributed by atoms with Gasteiger partial charge in [0.2, 0.25) is 0 Å². The Balaban J connectivity index is 1.56. The number of aromatic nitrogens is 1. The molecule has 1 aromatic heterocycles. The van der Waals surface area contributed by atoms with E-state index in [-0.39, 0.29) is 0 Å². The van der Waals surface area contributed by atoms with Gasteiger partial charge in [0.15, 0.2) is 0 Å². The molecule has 116 valence electrons. The molecule has 2 fully saturated rings. The van der Waals surface area contributed by atoms with Gasteiger partial charge in [0, 0.05) is 31.9 Å². The molecule has 0 amide bonds. The summed E-state index contributed by atoms with van der Waals surface area (Å²) < 4.78 is 0. The molecule has 2 saturated heterocycles. The molecule has 0 bridgehead atoms. The van der Waals surface area contributed by atoms with E-state index in [0.29, 0.717) is 0 Å². The molecule has 2 atom stereocenters. The third-order valence-corrected chi connectivity index (χ3v) is 5.02. The summed E-state index contributed by atoms with van der Waals surface area (Å²) >= 11 is 0. The third kappa shape index (κ3) is 3.55. The summed E-state index contributed by atoms with van der Waals surface area (Å²) in [6.45, 7) is 7.84. The van der Waals surface area contributed by atoms with Gasteiger partial charge in [-0.05, 0) is 63.9 Å².